The highest BCUT2D eigenvalue weighted by Crippen LogP contribution is 2.42. The van der Waals surface area contributed by atoms with Crippen LogP contribution in [0.2, 0.25) is 5.02 Å². The minimum atomic E-state index is -0.583. The number of halogens is 1. The maximum atomic E-state index is 6.03. The topological polar surface area (TPSA) is 30.8 Å². The Bertz CT molecular complexity index is 696. The smallest absolute Gasteiger partial charge is 0.217 e. The van der Waals surface area contributed by atoms with Gasteiger partial charge in [0, 0.05) is 17.7 Å². The number of methoxy groups -OCH3 is 1. The van der Waals surface area contributed by atoms with Crippen molar-refractivity contribution in [3.63, 3.8) is 0 Å². The van der Waals surface area contributed by atoms with Gasteiger partial charge in [-0.25, -0.2) is 4.99 Å². The van der Waals surface area contributed by atoms with Gasteiger partial charge < -0.3 is 9.47 Å². The summed E-state index contributed by atoms with van der Waals surface area (Å²) in [6.07, 6.45) is 0. The summed E-state index contributed by atoms with van der Waals surface area (Å²) in [7, 11) is 1.69. The molecule has 2 aromatic carbocycles. The molecule has 1 aliphatic rings. The fourth-order valence-electron chi connectivity index (χ4n) is 2.92. The zero-order valence-corrected chi connectivity index (χ0v) is 13.4. The molecular formula is C18H18ClNO2. The summed E-state index contributed by atoms with van der Waals surface area (Å²) in [6, 6.07) is 15.9. The van der Waals surface area contributed by atoms with Crippen LogP contribution in [0, 0.1) is 0 Å². The standard InChI is InChI=1S/C18H18ClNO2/c1-3-22-17-15-6-4-5-7-16(15)18(20-17,12-21-2)13-8-10-14(19)11-9-13/h4-11H,3,12H2,1-2H3. The Morgan fingerprint density at radius 1 is 1.09 bits per heavy atom. The Morgan fingerprint density at radius 2 is 1.82 bits per heavy atom. The third-order valence-corrected chi connectivity index (χ3v) is 4.10. The molecule has 0 bridgehead atoms. The fourth-order valence-corrected chi connectivity index (χ4v) is 3.04. The second-order valence-electron chi connectivity index (χ2n) is 5.20. The molecule has 0 radical (unpaired) electrons. The third kappa shape index (κ3) is 2.40. The fraction of sp³-hybridized carbons (Fsp3) is 0.278. The van der Waals surface area contributed by atoms with E-state index in [-0.39, 0.29) is 0 Å². The molecule has 1 unspecified atom stereocenters. The number of hydrogen-bond acceptors (Lipinski definition) is 3. The molecule has 114 valence electrons. The Balaban J connectivity index is 2.20. The van der Waals surface area contributed by atoms with Crippen LogP contribution in [0.25, 0.3) is 0 Å². The summed E-state index contributed by atoms with van der Waals surface area (Å²) in [5.74, 6) is 0.671. The summed E-state index contributed by atoms with van der Waals surface area (Å²) >= 11 is 6.03. The van der Waals surface area contributed by atoms with E-state index in [0.717, 1.165) is 16.7 Å². The van der Waals surface area contributed by atoms with E-state index in [0.29, 0.717) is 24.1 Å². The van der Waals surface area contributed by atoms with Gasteiger partial charge in [-0.1, -0.05) is 41.9 Å². The molecule has 4 heteroatoms. The SMILES string of the molecule is CCOC1=NC(COC)(c2ccc(Cl)cc2)c2ccccc21. The summed E-state index contributed by atoms with van der Waals surface area (Å²) < 4.78 is 11.2. The van der Waals surface area contributed by atoms with Crippen molar-refractivity contribution in [1.82, 2.24) is 0 Å². The van der Waals surface area contributed by atoms with E-state index in [2.05, 4.69) is 6.07 Å². The number of aliphatic imine (C=N–C) groups is 1. The second kappa shape index (κ2) is 6.11. The minimum Gasteiger partial charge on any atom is -0.478 e. The van der Waals surface area contributed by atoms with Crippen molar-refractivity contribution in [2.24, 2.45) is 4.99 Å². The average Bonchev–Trinajstić information content (AvgIpc) is 2.84. The molecular weight excluding hydrogens is 298 g/mol. The first kappa shape index (κ1) is 15.1. The van der Waals surface area contributed by atoms with Gasteiger partial charge in [0.05, 0.1) is 13.2 Å². The summed E-state index contributed by atoms with van der Waals surface area (Å²) in [5, 5.41) is 0.705. The van der Waals surface area contributed by atoms with Gasteiger partial charge in [0.15, 0.2) is 0 Å². The predicted molar refractivity (Wildman–Crippen MR) is 88.7 cm³/mol. The number of ether oxygens (including phenoxy) is 2. The Kier molecular flexibility index (Phi) is 4.19. The van der Waals surface area contributed by atoms with Gasteiger partial charge in [0.2, 0.25) is 5.90 Å². The van der Waals surface area contributed by atoms with Gasteiger partial charge >= 0.3 is 0 Å². The molecule has 0 aromatic heterocycles. The zero-order valence-electron chi connectivity index (χ0n) is 12.7. The lowest BCUT2D eigenvalue weighted by atomic mass is 9.84. The van der Waals surface area contributed by atoms with Crippen molar-refractivity contribution in [3.8, 4) is 0 Å². The molecule has 22 heavy (non-hydrogen) atoms. The summed E-state index contributed by atoms with van der Waals surface area (Å²) in [6.45, 7) is 2.99. The number of benzene rings is 2. The van der Waals surface area contributed by atoms with Crippen molar-refractivity contribution in [3.05, 3.63) is 70.2 Å². The monoisotopic (exact) mass is 315 g/mol. The highest BCUT2D eigenvalue weighted by molar-refractivity contribution is 6.30. The first-order chi connectivity index (χ1) is 10.7. The van der Waals surface area contributed by atoms with Gasteiger partial charge in [-0.15, -0.1) is 0 Å². The molecule has 3 nitrogen and oxygen atoms in total. The van der Waals surface area contributed by atoms with Crippen molar-refractivity contribution < 1.29 is 9.47 Å². The number of rotatable bonds is 4. The Hall–Kier alpha value is -1.84. The molecule has 0 spiro atoms. The molecule has 0 aliphatic carbocycles. The van der Waals surface area contributed by atoms with Gasteiger partial charge in [-0.3, -0.25) is 0 Å². The maximum Gasteiger partial charge on any atom is 0.217 e. The van der Waals surface area contributed by atoms with E-state index in [1.54, 1.807) is 7.11 Å². The van der Waals surface area contributed by atoms with E-state index in [1.165, 1.54) is 0 Å². The van der Waals surface area contributed by atoms with E-state index in [1.807, 2.05) is 49.4 Å². The molecule has 1 atom stereocenters. The van der Waals surface area contributed by atoms with E-state index >= 15 is 0 Å². The number of nitrogens with zero attached hydrogens (tertiary/aromatic N) is 1. The predicted octanol–water partition coefficient (Wildman–Crippen LogP) is 4.03. The van der Waals surface area contributed by atoms with Crippen LogP contribution in [0.4, 0.5) is 0 Å². The molecule has 0 saturated carbocycles. The Labute approximate surface area is 135 Å². The molecule has 0 saturated heterocycles. The van der Waals surface area contributed by atoms with Crippen molar-refractivity contribution in [1.29, 1.82) is 0 Å². The average molecular weight is 316 g/mol. The van der Waals surface area contributed by atoms with Crippen LogP contribution in [0.15, 0.2) is 53.5 Å². The van der Waals surface area contributed by atoms with E-state index < -0.39 is 5.54 Å². The van der Waals surface area contributed by atoms with Crippen molar-refractivity contribution >= 4 is 17.5 Å². The molecule has 0 fully saturated rings. The highest BCUT2D eigenvalue weighted by Gasteiger charge is 2.42. The second-order valence-corrected chi connectivity index (χ2v) is 5.63. The highest BCUT2D eigenvalue weighted by atomic mass is 35.5. The molecule has 1 aliphatic heterocycles. The number of hydrogen-bond donors (Lipinski definition) is 0. The van der Waals surface area contributed by atoms with Crippen LogP contribution in [0.3, 0.4) is 0 Å². The lowest BCUT2D eigenvalue weighted by Gasteiger charge is -2.27. The van der Waals surface area contributed by atoms with Crippen molar-refractivity contribution in [2.45, 2.75) is 12.5 Å². The van der Waals surface area contributed by atoms with Crippen LogP contribution in [0.1, 0.15) is 23.6 Å². The van der Waals surface area contributed by atoms with E-state index in [9.17, 15) is 0 Å². The maximum absolute atomic E-state index is 6.03. The van der Waals surface area contributed by atoms with Crippen LogP contribution < -0.4 is 0 Å². The summed E-state index contributed by atoms with van der Waals surface area (Å²) in [5.41, 5.74) is 2.58. The van der Waals surface area contributed by atoms with Crippen LogP contribution in [0.5, 0.6) is 0 Å². The van der Waals surface area contributed by atoms with Crippen molar-refractivity contribution in [2.75, 3.05) is 20.3 Å². The van der Waals surface area contributed by atoms with Crippen LogP contribution in [-0.4, -0.2) is 26.2 Å². The van der Waals surface area contributed by atoms with E-state index in [4.69, 9.17) is 26.1 Å². The molecule has 0 amide bonds. The van der Waals surface area contributed by atoms with Crippen LogP contribution in [-0.2, 0) is 15.0 Å². The van der Waals surface area contributed by atoms with Gasteiger partial charge in [-0.2, -0.15) is 0 Å². The zero-order chi connectivity index (χ0) is 15.6. The van der Waals surface area contributed by atoms with Crippen LogP contribution >= 0.6 is 11.6 Å². The van der Waals surface area contributed by atoms with Gasteiger partial charge in [0.1, 0.15) is 5.54 Å². The molecule has 2 aromatic rings. The minimum absolute atomic E-state index is 0.447. The molecule has 1 heterocycles. The third-order valence-electron chi connectivity index (χ3n) is 3.85. The molecule has 0 N–H and O–H groups in total. The lowest BCUT2D eigenvalue weighted by molar-refractivity contribution is 0.152. The largest absolute Gasteiger partial charge is 0.478 e. The molecule has 3 rings (SSSR count). The first-order valence-corrected chi connectivity index (χ1v) is 7.66. The normalized spacial score (nSPS) is 19.7. The first-order valence-electron chi connectivity index (χ1n) is 7.29. The Morgan fingerprint density at radius 3 is 2.50 bits per heavy atom. The van der Waals surface area contributed by atoms with Gasteiger partial charge in [-0.05, 0) is 36.2 Å². The summed E-state index contributed by atoms with van der Waals surface area (Å²) in [4.78, 5) is 4.89. The quantitative estimate of drug-likeness (QED) is 0.853. The lowest BCUT2D eigenvalue weighted by Crippen LogP contribution is -2.29. The van der Waals surface area contributed by atoms with Gasteiger partial charge in [0.25, 0.3) is 0 Å². The number of fused-ring (bicyclic) bond motifs is 1.